The molecule has 2 nitrogen and oxygen atoms in total. The normalized spacial score (nSPS) is 15.3. The molecule has 0 N–H and O–H groups in total. The molecule has 0 spiro atoms. The largest absolute Gasteiger partial charge is 0.218 e. The van der Waals surface area contributed by atoms with Gasteiger partial charge in [-0.25, -0.2) is 12.8 Å². The third kappa shape index (κ3) is 1.47. The summed E-state index contributed by atoms with van der Waals surface area (Å²) in [5, 5.41) is 0. The molecular weight excluding hydrogens is 319 g/mol. The molecule has 0 unspecified atom stereocenters. The zero-order valence-corrected chi connectivity index (χ0v) is 11.8. The van der Waals surface area contributed by atoms with Gasteiger partial charge in [0.25, 0.3) is 0 Å². The standard InChI is InChI=1S/C13H8BrFO2S/c1-7-4-10-9-3-2-8(14)5-12(9)18(16,17)13(10)6-11(7)15/h2-6H,1H3. The topological polar surface area (TPSA) is 34.1 Å². The highest BCUT2D eigenvalue weighted by Gasteiger charge is 2.33. The number of halogens is 2. The Hall–Kier alpha value is -1.20. The van der Waals surface area contributed by atoms with E-state index >= 15 is 0 Å². The summed E-state index contributed by atoms with van der Waals surface area (Å²) in [6.45, 7) is 1.62. The van der Waals surface area contributed by atoms with Crippen molar-refractivity contribution < 1.29 is 12.8 Å². The second-order valence-corrected chi connectivity index (χ2v) is 7.04. The first-order chi connectivity index (χ1) is 8.41. The van der Waals surface area contributed by atoms with Crippen molar-refractivity contribution in [1.29, 1.82) is 0 Å². The Morgan fingerprint density at radius 3 is 2.44 bits per heavy atom. The quantitative estimate of drug-likeness (QED) is 0.631. The van der Waals surface area contributed by atoms with Crippen LogP contribution < -0.4 is 0 Å². The summed E-state index contributed by atoms with van der Waals surface area (Å²) >= 11 is 3.25. The monoisotopic (exact) mass is 326 g/mol. The second-order valence-electron chi connectivity index (χ2n) is 4.24. The van der Waals surface area contributed by atoms with Crippen LogP contribution in [0.5, 0.6) is 0 Å². The van der Waals surface area contributed by atoms with Crippen LogP contribution in [0.4, 0.5) is 4.39 Å². The number of hydrogen-bond donors (Lipinski definition) is 0. The van der Waals surface area contributed by atoms with Gasteiger partial charge in [-0.1, -0.05) is 22.0 Å². The van der Waals surface area contributed by atoms with E-state index in [9.17, 15) is 12.8 Å². The molecule has 1 aliphatic heterocycles. The van der Waals surface area contributed by atoms with E-state index in [1.807, 2.05) is 0 Å². The van der Waals surface area contributed by atoms with Crippen molar-refractivity contribution >= 4 is 25.8 Å². The second kappa shape index (κ2) is 3.65. The van der Waals surface area contributed by atoms with E-state index < -0.39 is 15.7 Å². The van der Waals surface area contributed by atoms with E-state index in [-0.39, 0.29) is 9.79 Å². The number of fused-ring (bicyclic) bond motifs is 3. The van der Waals surface area contributed by atoms with Crippen LogP contribution in [0.1, 0.15) is 5.56 Å². The minimum atomic E-state index is -3.60. The van der Waals surface area contributed by atoms with Gasteiger partial charge in [0.1, 0.15) is 5.82 Å². The molecule has 0 saturated carbocycles. The Kier molecular flexibility index (Phi) is 2.40. The molecule has 1 aliphatic rings. The van der Waals surface area contributed by atoms with Crippen LogP contribution in [0.15, 0.2) is 44.6 Å². The van der Waals surface area contributed by atoms with Gasteiger partial charge in [-0.3, -0.25) is 0 Å². The molecule has 0 aromatic heterocycles. The van der Waals surface area contributed by atoms with Crippen molar-refractivity contribution in [3.05, 3.63) is 46.2 Å². The van der Waals surface area contributed by atoms with Crippen LogP contribution in [-0.2, 0) is 9.84 Å². The van der Waals surface area contributed by atoms with Gasteiger partial charge in [0, 0.05) is 15.6 Å². The van der Waals surface area contributed by atoms with Crippen molar-refractivity contribution in [3.63, 3.8) is 0 Å². The molecule has 1 heterocycles. The van der Waals surface area contributed by atoms with E-state index in [1.165, 1.54) is 0 Å². The highest BCUT2D eigenvalue weighted by atomic mass is 79.9. The lowest BCUT2D eigenvalue weighted by atomic mass is 10.0. The molecule has 92 valence electrons. The van der Waals surface area contributed by atoms with Crippen LogP contribution >= 0.6 is 15.9 Å². The molecule has 0 saturated heterocycles. The third-order valence-electron chi connectivity index (χ3n) is 3.07. The minimum absolute atomic E-state index is 0.0544. The molecule has 2 aromatic carbocycles. The fraction of sp³-hybridized carbons (Fsp3) is 0.0769. The van der Waals surface area contributed by atoms with Crippen LogP contribution in [0.2, 0.25) is 0 Å². The van der Waals surface area contributed by atoms with E-state index in [2.05, 4.69) is 15.9 Å². The van der Waals surface area contributed by atoms with Crippen LogP contribution in [0.25, 0.3) is 11.1 Å². The summed E-state index contributed by atoms with van der Waals surface area (Å²) in [6, 6.07) is 7.76. The van der Waals surface area contributed by atoms with Crippen molar-refractivity contribution in [2.75, 3.05) is 0 Å². The van der Waals surface area contributed by atoms with Gasteiger partial charge < -0.3 is 0 Å². The number of benzene rings is 2. The Bertz CT molecular complexity index is 782. The molecule has 0 atom stereocenters. The van der Waals surface area contributed by atoms with Crippen molar-refractivity contribution in [2.45, 2.75) is 16.7 Å². The summed E-state index contributed by atoms with van der Waals surface area (Å²) in [4.78, 5) is 0.288. The van der Waals surface area contributed by atoms with E-state index in [1.54, 1.807) is 31.2 Å². The Morgan fingerprint density at radius 2 is 1.72 bits per heavy atom. The van der Waals surface area contributed by atoms with Gasteiger partial charge in [-0.15, -0.1) is 0 Å². The molecular formula is C13H8BrFO2S. The molecule has 2 aromatic rings. The van der Waals surface area contributed by atoms with Gasteiger partial charge >= 0.3 is 0 Å². The van der Waals surface area contributed by atoms with Gasteiger partial charge in [0.15, 0.2) is 0 Å². The minimum Gasteiger partial charge on any atom is -0.218 e. The molecule has 3 rings (SSSR count). The van der Waals surface area contributed by atoms with Gasteiger partial charge in [-0.05, 0) is 36.8 Å². The average molecular weight is 327 g/mol. The lowest BCUT2D eigenvalue weighted by Gasteiger charge is -2.02. The molecule has 18 heavy (non-hydrogen) atoms. The summed E-state index contributed by atoms with van der Waals surface area (Å²) in [5.74, 6) is -0.496. The van der Waals surface area contributed by atoms with Crippen molar-refractivity contribution in [3.8, 4) is 11.1 Å². The summed E-state index contributed by atoms with van der Waals surface area (Å²) in [6.07, 6.45) is 0. The van der Waals surface area contributed by atoms with E-state index in [0.29, 0.717) is 21.2 Å². The first kappa shape index (κ1) is 11.9. The van der Waals surface area contributed by atoms with Crippen LogP contribution in [0.3, 0.4) is 0 Å². The zero-order chi connectivity index (χ0) is 13.1. The lowest BCUT2D eigenvalue weighted by Crippen LogP contribution is -1.97. The van der Waals surface area contributed by atoms with Crippen LogP contribution in [0, 0.1) is 12.7 Å². The fourth-order valence-corrected chi connectivity index (χ4v) is 4.37. The van der Waals surface area contributed by atoms with Gasteiger partial charge in [-0.2, -0.15) is 0 Å². The maximum absolute atomic E-state index is 13.5. The molecule has 0 fully saturated rings. The molecule has 5 heteroatoms. The summed E-state index contributed by atoms with van der Waals surface area (Å²) in [7, 11) is -3.60. The molecule has 0 radical (unpaired) electrons. The Morgan fingerprint density at radius 1 is 1.06 bits per heavy atom. The first-order valence-electron chi connectivity index (χ1n) is 5.26. The van der Waals surface area contributed by atoms with Crippen molar-refractivity contribution in [1.82, 2.24) is 0 Å². The Labute approximate surface area is 113 Å². The summed E-state index contributed by atoms with van der Waals surface area (Å²) < 4.78 is 38.8. The van der Waals surface area contributed by atoms with Crippen LogP contribution in [-0.4, -0.2) is 8.42 Å². The zero-order valence-electron chi connectivity index (χ0n) is 9.37. The maximum atomic E-state index is 13.5. The molecule has 0 aliphatic carbocycles. The average Bonchev–Trinajstić information content (AvgIpc) is 2.50. The number of hydrogen-bond acceptors (Lipinski definition) is 2. The van der Waals surface area contributed by atoms with Gasteiger partial charge in [0.05, 0.1) is 9.79 Å². The van der Waals surface area contributed by atoms with E-state index in [0.717, 1.165) is 6.07 Å². The van der Waals surface area contributed by atoms with Crippen molar-refractivity contribution in [2.24, 2.45) is 0 Å². The maximum Gasteiger partial charge on any atom is 0.207 e. The number of rotatable bonds is 0. The first-order valence-corrected chi connectivity index (χ1v) is 7.54. The van der Waals surface area contributed by atoms with E-state index in [4.69, 9.17) is 0 Å². The predicted octanol–water partition coefficient (Wildman–Crippen LogP) is 3.71. The third-order valence-corrected chi connectivity index (χ3v) is 5.40. The molecule has 0 bridgehead atoms. The fourth-order valence-electron chi connectivity index (χ4n) is 2.16. The molecule has 0 amide bonds. The highest BCUT2D eigenvalue weighted by molar-refractivity contribution is 9.10. The smallest absolute Gasteiger partial charge is 0.207 e. The summed E-state index contributed by atoms with van der Waals surface area (Å²) in [5.41, 5.74) is 1.66. The Balaban J connectivity index is 2.47. The van der Waals surface area contributed by atoms with Gasteiger partial charge in [0.2, 0.25) is 9.84 Å². The number of aryl methyl sites for hydroxylation is 1. The number of sulfone groups is 1. The SMILES string of the molecule is Cc1cc2c(cc1F)S(=O)(=O)c1cc(Br)ccc1-2. The predicted molar refractivity (Wildman–Crippen MR) is 69.7 cm³/mol. The lowest BCUT2D eigenvalue weighted by molar-refractivity contribution is 0.592. The highest BCUT2D eigenvalue weighted by Crippen LogP contribution is 2.44.